The number of alkyl carbamates (subject to hydrolysis) is 1. The van der Waals surface area contributed by atoms with Crippen molar-refractivity contribution >= 4 is 23.8 Å². The third-order valence-corrected chi connectivity index (χ3v) is 7.01. The summed E-state index contributed by atoms with van der Waals surface area (Å²) in [6.07, 6.45) is 4.33. The normalized spacial score (nSPS) is 16.6. The number of amides is 4. The van der Waals surface area contributed by atoms with Crippen molar-refractivity contribution < 1.29 is 23.9 Å². The molecule has 0 heterocycles. The molecule has 0 spiro atoms. The first-order valence-corrected chi connectivity index (χ1v) is 13.7. The number of primary amides is 1. The second kappa shape index (κ2) is 13.6. The number of aryl methyl sites for hydroxylation is 2. The van der Waals surface area contributed by atoms with E-state index < -0.39 is 42.0 Å². The van der Waals surface area contributed by atoms with Crippen LogP contribution in [-0.2, 0) is 19.1 Å². The Labute approximate surface area is 227 Å². The van der Waals surface area contributed by atoms with E-state index in [1.165, 1.54) is 4.90 Å². The maximum absolute atomic E-state index is 14.2. The number of carbonyl (C=O) groups excluding carboxylic acids is 4. The highest BCUT2D eigenvalue weighted by atomic mass is 16.6. The number of hydrogen-bond acceptors (Lipinski definition) is 5. The molecule has 1 aliphatic carbocycles. The van der Waals surface area contributed by atoms with Crippen molar-refractivity contribution in [1.29, 1.82) is 0 Å². The molecule has 1 aliphatic rings. The van der Waals surface area contributed by atoms with E-state index >= 15 is 0 Å². The zero-order valence-electron chi connectivity index (χ0n) is 24.1. The van der Waals surface area contributed by atoms with Crippen LogP contribution in [0.15, 0.2) is 18.2 Å². The second-order valence-electron chi connectivity index (χ2n) is 11.4. The third kappa shape index (κ3) is 8.74. The lowest BCUT2D eigenvalue weighted by Crippen LogP contribution is -2.57. The molecule has 0 aromatic heterocycles. The maximum atomic E-state index is 14.2. The quantitative estimate of drug-likeness (QED) is 0.417. The van der Waals surface area contributed by atoms with Gasteiger partial charge in [-0.3, -0.25) is 14.4 Å². The van der Waals surface area contributed by atoms with Gasteiger partial charge in [0.1, 0.15) is 17.7 Å². The molecule has 0 aliphatic heterocycles. The third-order valence-electron chi connectivity index (χ3n) is 7.01. The standard InChI is InChI=1S/C29H46N4O5/c1-8-20(4)33(27(36)22(17-23(30)34)32-28(37)38-29(5,6)7)25(24-18(2)13-12-14-19(24)3)26(35)31-21-15-10-9-11-16-21/h12-14,20-22,25H,8-11,15-17H2,1-7H3,(H2,30,34)(H,31,35)(H,32,37). The van der Waals surface area contributed by atoms with Crippen molar-refractivity contribution in [1.82, 2.24) is 15.5 Å². The Morgan fingerprint density at radius 1 is 1.08 bits per heavy atom. The summed E-state index contributed by atoms with van der Waals surface area (Å²) in [6, 6.07) is 3.18. The molecule has 0 radical (unpaired) electrons. The van der Waals surface area contributed by atoms with Gasteiger partial charge in [0.2, 0.25) is 17.7 Å². The number of nitrogens with two attached hydrogens (primary N) is 1. The molecular weight excluding hydrogens is 484 g/mol. The van der Waals surface area contributed by atoms with Gasteiger partial charge in [0.15, 0.2) is 0 Å². The van der Waals surface area contributed by atoms with Crippen molar-refractivity contribution in [2.45, 2.75) is 123 Å². The Bertz CT molecular complexity index is 977. The van der Waals surface area contributed by atoms with Crippen LogP contribution in [0, 0.1) is 13.8 Å². The number of nitrogens with one attached hydrogen (secondary N) is 2. The number of rotatable bonds is 10. The monoisotopic (exact) mass is 530 g/mol. The summed E-state index contributed by atoms with van der Waals surface area (Å²) < 4.78 is 5.35. The molecule has 2 rings (SSSR count). The molecule has 4 N–H and O–H groups in total. The van der Waals surface area contributed by atoms with Crippen molar-refractivity contribution in [3.05, 3.63) is 34.9 Å². The zero-order chi connectivity index (χ0) is 28.6. The lowest BCUT2D eigenvalue weighted by Gasteiger charge is -2.40. The van der Waals surface area contributed by atoms with Gasteiger partial charge >= 0.3 is 6.09 Å². The minimum atomic E-state index is -1.29. The fourth-order valence-electron chi connectivity index (χ4n) is 5.01. The number of carbonyl (C=O) groups is 4. The molecular formula is C29H46N4O5. The molecule has 0 saturated heterocycles. The first kappa shape index (κ1) is 31.1. The highest BCUT2D eigenvalue weighted by Gasteiger charge is 2.40. The molecule has 9 heteroatoms. The minimum Gasteiger partial charge on any atom is -0.444 e. The molecule has 4 amide bonds. The summed E-state index contributed by atoms with van der Waals surface area (Å²) in [5.74, 6) is -1.58. The molecule has 212 valence electrons. The number of hydrogen-bond donors (Lipinski definition) is 3. The van der Waals surface area contributed by atoms with Crippen molar-refractivity contribution in [2.24, 2.45) is 5.73 Å². The van der Waals surface area contributed by atoms with E-state index in [0.29, 0.717) is 6.42 Å². The van der Waals surface area contributed by atoms with E-state index in [1.54, 1.807) is 20.8 Å². The SMILES string of the molecule is CCC(C)N(C(=O)C(CC(N)=O)NC(=O)OC(C)(C)C)C(C(=O)NC1CCCCC1)c1c(C)cccc1C. The highest BCUT2D eigenvalue weighted by molar-refractivity contribution is 5.95. The van der Waals surface area contributed by atoms with E-state index in [9.17, 15) is 19.2 Å². The van der Waals surface area contributed by atoms with Gasteiger partial charge in [0.25, 0.3) is 0 Å². The molecule has 1 fully saturated rings. The molecule has 1 saturated carbocycles. The van der Waals surface area contributed by atoms with E-state index in [2.05, 4.69) is 10.6 Å². The van der Waals surface area contributed by atoms with E-state index in [4.69, 9.17) is 10.5 Å². The van der Waals surface area contributed by atoms with Crippen LogP contribution in [0.1, 0.15) is 102 Å². The highest BCUT2D eigenvalue weighted by Crippen LogP contribution is 2.32. The number of benzene rings is 1. The van der Waals surface area contributed by atoms with Crippen LogP contribution < -0.4 is 16.4 Å². The van der Waals surface area contributed by atoms with Gasteiger partial charge in [-0.05, 0) is 77.5 Å². The van der Waals surface area contributed by atoms with Crippen molar-refractivity contribution in [2.75, 3.05) is 0 Å². The van der Waals surface area contributed by atoms with Crippen LogP contribution >= 0.6 is 0 Å². The van der Waals surface area contributed by atoms with Crippen LogP contribution in [-0.4, -0.2) is 52.4 Å². The molecule has 3 atom stereocenters. The number of ether oxygens (including phenoxy) is 1. The van der Waals surface area contributed by atoms with Gasteiger partial charge in [0.05, 0.1) is 6.42 Å². The van der Waals surface area contributed by atoms with Crippen LogP contribution in [0.2, 0.25) is 0 Å². The summed E-state index contributed by atoms with van der Waals surface area (Å²) >= 11 is 0. The summed E-state index contributed by atoms with van der Waals surface area (Å²) in [5, 5.41) is 5.74. The van der Waals surface area contributed by atoms with Gasteiger partial charge < -0.3 is 26.0 Å². The predicted octanol–water partition coefficient (Wildman–Crippen LogP) is 4.19. The maximum Gasteiger partial charge on any atom is 0.408 e. The average Bonchev–Trinajstić information content (AvgIpc) is 2.81. The zero-order valence-corrected chi connectivity index (χ0v) is 24.1. The van der Waals surface area contributed by atoms with Gasteiger partial charge in [-0.25, -0.2) is 4.79 Å². The van der Waals surface area contributed by atoms with Crippen LogP contribution in [0.3, 0.4) is 0 Å². The Hall–Kier alpha value is -3.10. The Morgan fingerprint density at radius 2 is 1.66 bits per heavy atom. The lowest BCUT2D eigenvalue weighted by molar-refractivity contribution is -0.146. The van der Waals surface area contributed by atoms with E-state index in [1.807, 2.05) is 45.9 Å². The summed E-state index contributed by atoms with van der Waals surface area (Å²) in [6.45, 7) is 12.7. The first-order valence-electron chi connectivity index (χ1n) is 13.7. The average molecular weight is 531 g/mol. The first-order chi connectivity index (χ1) is 17.7. The summed E-state index contributed by atoms with van der Waals surface area (Å²) in [5.41, 5.74) is 7.17. The fraction of sp³-hybridized carbons (Fsp3) is 0.655. The van der Waals surface area contributed by atoms with E-state index in [0.717, 1.165) is 48.8 Å². The Balaban J connectivity index is 2.57. The van der Waals surface area contributed by atoms with Gasteiger partial charge in [-0.15, -0.1) is 0 Å². The van der Waals surface area contributed by atoms with Crippen LogP contribution in [0.5, 0.6) is 0 Å². The van der Waals surface area contributed by atoms with Crippen LogP contribution in [0.25, 0.3) is 0 Å². The van der Waals surface area contributed by atoms with Crippen molar-refractivity contribution in [3.8, 4) is 0 Å². The molecule has 9 nitrogen and oxygen atoms in total. The molecule has 3 unspecified atom stereocenters. The largest absolute Gasteiger partial charge is 0.444 e. The number of nitrogens with zero attached hydrogens (tertiary/aromatic N) is 1. The summed E-state index contributed by atoms with van der Waals surface area (Å²) in [4.78, 5) is 54.3. The molecule has 1 aromatic rings. The molecule has 1 aromatic carbocycles. The summed E-state index contributed by atoms with van der Waals surface area (Å²) in [7, 11) is 0. The smallest absolute Gasteiger partial charge is 0.408 e. The van der Waals surface area contributed by atoms with E-state index in [-0.39, 0.29) is 18.0 Å². The minimum absolute atomic E-state index is 0.0401. The predicted molar refractivity (Wildman–Crippen MR) is 147 cm³/mol. The fourth-order valence-corrected chi connectivity index (χ4v) is 5.01. The van der Waals surface area contributed by atoms with Gasteiger partial charge in [-0.1, -0.05) is 44.4 Å². The molecule has 0 bridgehead atoms. The topological polar surface area (TPSA) is 131 Å². The second-order valence-corrected chi connectivity index (χ2v) is 11.4. The van der Waals surface area contributed by atoms with Gasteiger partial charge in [-0.2, -0.15) is 0 Å². The van der Waals surface area contributed by atoms with Crippen LogP contribution in [0.4, 0.5) is 4.79 Å². The lowest BCUT2D eigenvalue weighted by atomic mass is 9.90. The molecule has 38 heavy (non-hydrogen) atoms. The van der Waals surface area contributed by atoms with Crippen molar-refractivity contribution in [3.63, 3.8) is 0 Å². The Morgan fingerprint density at radius 3 is 2.16 bits per heavy atom. The van der Waals surface area contributed by atoms with Gasteiger partial charge in [0, 0.05) is 12.1 Å². The Kier molecular flexibility index (Phi) is 11.2.